The first-order valence-electron chi connectivity index (χ1n) is 8.01. The molecule has 3 rings (SSSR count). The molecule has 3 nitrogen and oxygen atoms in total. The molecule has 114 valence electrons. The summed E-state index contributed by atoms with van der Waals surface area (Å²) in [6.45, 7) is 4.69. The van der Waals surface area contributed by atoms with Gasteiger partial charge in [0.05, 0.1) is 6.17 Å². The highest BCUT2D eigenvalue weighted by molar-refractivity contribution is 5.81. The molecule has 0 aliphatic carbocycles. The first-order valence-corrected chi connectivity index (χ1v) is 8.01. The summed E-state index contributed by atoms with van der Waals surface area (Å²) in [6, 6.07) is 9.28. The third-order valence-electron chi connectivity index (χ3n) is 5.09. The molecule has 0 spiro atoms. The van der Waals surface area contributed by atoms with Crippen molar-refractivity contribution in [2.75, 3.05) is 34.2 Å². The number of hydrogen-bond acceptors (Lipinski definition) is 2. The summed E-state index contributed by atoms with van der Waals surface area (Å²) in [5.41, 5.74) is 2.88. The molecule has 1 aromatic heterocycles. The van der Waals surface area contributed by atoms with Crippen LogP contribution in [0.15, 0.2) is 30.5 Å². The highest BCUT2D eigenvalue weighted by Gasteiger charge is 2.19. The Kier molecular flexibility index (Phi) is 4.05. The van der Waals surface area contributed by atoms with E-state index in [1.807, 2.05) is 0 Å². The van der Waals surface area contributed by atoms with Crippen molar-refractivity contribution in [1.29, 1.82) is 0 Å². The molecule has 1 aliphatic rings. The van der Waals surface area contributed by atoms with Gasteiger partial charge in [-0.05, 0) is 83.0 Å². The third kappa shape index (κ3) is 2.85. The molecule has 21 heavy (non-hydrogen) atoms. The minimum absolute atomic E-state index is 0.384. The van der Waals surface area contributed by atoms with Crippen molar-refractivity contribution < 1.29 is 0 Å². The normalized spacial score (nSPS) is 19.5. The van der Waals surface area contributed by atoms with Gasteiger partial charge in [0.25, 0.3) is 0 Å². The Hall–Kier alpha value is -1.32. The van der Waals surface area contributed by atoms with Crippen LogP contribution in [0.5, 0.6) is 0 Å². The summed E-state index contributed by atoms with van der Waals surface area (Å²) in [5.74, 6) is 0.726. The lowest BCUT2D eigenvalue weighted by molar-refractivity contribution is 0.244. The Labute approximate surface area is 128 Å². The van der Waals surface area contributed by atoms with E-state index in [2.05, 4.69) is 72.9 Å². The standard InChI is InChI=1S/C18H27N3/c1-14(19(2)3)21-12-9-16-5-6-17(13-18(16)21)15-7-10-20(4)11-8-15/h5-6,9,12-15H,7-8,10-11H2,1-4H3. The number of hydrogen-bond donors (Lipinski definition) is 0. The fourth-order valence-electron chi connectivity index (χ4n) is 3.34. The Morgan fingerprint density at radius 2 is 1.86 bits per heavy atom. The van der Waals surface area contributed by atoms with Gasteiger partial charge in [-0.25, -0.2) is 0 Å². The van der Waals surface area contributed by atoms with Crippen LogP contribution in [0.1, 0.15) is 37.4 Å². The fraction of sp³-hybridized carbons (Fsp3) is 0.556. The number of aromatic nitrogens is 1. The molecule has 2 heterocycles. The maximum atomic E-state index is 2.44. The lowest BCUT2D eigenvalue weighted by atomic mass is 9.89. The van der Waals surface area contributed by atoms with Crippen molar-refractivity contribution in [3.8, 4) is 0 Å². The van der Waals surface area contributed by atoms with E-state index in [0.717, 1.165) is 5.92 Å². The molecule has 1 saturated heterocycles. The fourth-order valence-corrected chi connectivity index (χ4v) is 3.34. The number of nitrogens with zero attached hydrogens (tertiary/aromatic N) is 3. The Morgan fingerprint density at radius 3 is 2.52 bits per heavy atom. The monoisotopic (exact) mass is 285 g/mol. The zero-order valence-corrected chi connectivity index (χ0v) is 13.7. The zero-order chi connectivity index (χ0) is 15.0. The van der Waals surface area contributed by atoms with E-state index in [1.54, 1.807) is 0 Å². The van der Waals surface area contributed by atoms with Gasteiger partial charge in [-0.2, -0.15) is 0 Å². The minimum atomic E-state index is 0.384. The van der Waals surface area contributed by atoms with E-state index in [0.29, 0.717) is 6.17 Å². The predicted molar refractivity (Wildman–Crippen MR) is 89.8 cm³/mol. The molecule has 1 aromatic carbocycles. The second kappa shape index (κ2) is 5.82. The topological polar surface area (TPSA) is 11.4 Å². The van der Waals surface area contributed by atoms with Crippen molar-refractivity contribution in [1.82, 2.24) is 14.4 Å². The van der Waals surface area contributed by atoms with Crippen molar-refractivity contribution in [2.24, 2.45) is 0 Å². The maximum absolute atomic E-state index is 2.44. The molecule has 0 bridgehead atoms. The molecule has 0 N–H and O–H groups in total. The Balaban J connectivity index is 1.93. The van der Waals surface area contributed by atoms with Gasteiger partial charge in [0, 0.05) is 11.7 Å². The Bertz CT molecular complexity index is 606. The summed E-state index contributed by atoms with van der Waals surface area (Å²) in [5, 5.41) is 1.35. The van der Waals surface area contributed by atoms with Crippen LogP contribution in [0.3, 0.4) is 0 Å². The molecule has 1 fully saturated rings. The van der Waals surface area contributed by atoms with Gasteiger partial charge in [0.1, 0.15) is 0 Å². The summed E-state index contributed by atoms with van der Waals surface area (Å²) in [4.78, 5) is 4.69. The molecular formula is C18H27N3. The second-order valence-corrected chi connectivity index (χ2v) is 6.71. The van der Waals surface area contributed by atoms with Crippen LogP contribution in [-0.2, 0) is 0 Å². The van der Waals surface area contributed by atoms with Crippen LogP contribution >= 0.6 is 0 Å². The molecule has 0 saturated carbocycles. The van der Waals surface area contributed by atoms with Crippen LogP contribution in [0, 0.1) is 0 Å². The Morgan fingerprint density at radius 1 is 1.14 bits per heavy atom. The molecule has 0 radical (unpaired) electrons. The summed E-state index contributed by atoms with van der Waals surface area (Å²) >= 11 is 0. The van der Waals surface area contributed by atoms with Gasteiger partial charge in [-0.1, -0.05) is 12.1 Å². The predicted octanol–water partition coefficient (Wildman–Crippen LogP) is 3.53. The zero-order valence-electron chi connectivity index (χ0n) is 13.7. The number of likely N-dealkylation sites (tertiary alicyclic amines) is 1. The van der Waals surface area contributed by atoms with Crippen molar-refractivity contribution in [3.63, 3.8) is 0 Å². The van der Waals surface area contributed by atoms with E-state index in [9.17, 15) is 0 Å². The third-order valence-corrected chi connectivity index (χ3v) is 5.09. The van der Waals surface area contributed by atoms with Crippen LogP contribution < -0.4 is 0 Å². The molecule has 1 aliphatic heterocycles. The van der Waals surface area contributed by atoms with E-state index in [1.165, 1.54) is 42.4 Å². The van der Waals surface area contributed by atoms with E-state index in [-0.39, 0.29) is 0 Å². The summed E-state index contributed by atoms with van der Waals surface area (Å²) in [6.07, 6.45) is 5.17. The summed E-state index contributed by atoms with van der Waals surface area (Å²) in [7, 11) is 6.50. The largest absolute Gasteiger partial charge is 0.332 e. The van der Waals surface area contributed by atoms with Crippen LogP contribution in [0.4, 0.5) is 0 Å². The first-order chi connectivity index (χ1) is 10.1. The molecule has 1 atom stereocenters. The molecule has 1 unspecified atom stereocenters. The SMILES string of the molecule is CC(N(C)C)n1ccc2ccc(C3CCN(C)CC3)cc21. The van der Waals surface area contributed by atoms with E-state index < -0.39 is 0 Å². The van der Waals surface area contributed by atoms with E-state index in [4.69, 9.17) is 0 Å². The number of rotatable bonds is 3. The van der Waals surface area contributed by atoms with Crippen molar-refractivity contribution in [2.45, 2.75) is 31.8 Å². The quantitative estimate of drug-likeness (QED) is 0.854. The number of benzene rings is 1. The number of piperidine rings is 1. The smallest absolute Gasteiger partial charge is 0.0830 e. The van der Waals surface area contributed by atoms with Crippen LogP contribution in [-0.4, -0.2) is 48.6 Å². The minimum Gasteiger partial charge on any atom is -0.332 e. The number of fused-ring (bicyclic) bond motifs is 1. The molecule has 0 amide bonds. The molecular weight excluding hydrogens is 258 g/mol. The van der Waals surface area contributed by atoms with Gasteiger partial charge in [0.15, 0.2) is 0 Å². The lowest BCUT2D eigenvalue weighted by Crippen LogP contribution is -2.29. The average Bonchev–Trinajstić information content (AvgIpc) is 2.90. The van der Waals surface area contributed by atoms with Gasteiger partial charge in [-0.3, -0.25) is 4.90 Å². The van der Waals surface area contributed by atoms with Crippen LogP contribution in [0.2, 0.25) is 0 Å². The second-order valence-electron chi connectivity index (χ2n) is 6.71. The van der Waals surface area contributed by atoms with Gasteiger partial charge in [0.2, 0.25) is 0 Å². The highest BCUT2D eigenvalue weighted by atomic mass is 15.2. The maximum Gasteiger partial charge on any atom is 0.0830 e. The average molecular weight is 285 g/mol. The summed E-state index contributed by atoms with van der Waals surface area (Å²) < 4.78 is 2.38. The van der Waals surface area contributed by atoms with Crippen molar-refractivity contribution >= 4 is 10.9 Å². The van der Waals surface area contributed by atoms with Gasteiger partial charge >= 0.3 is 0 Å². The van der Waals surface area contributed by atoms with Gasteiger partial charge < -0.3 is 9.47 Å². The van der Waals surface area contributed by atoms with Gasteiger partial charge in [-0.15, -0.1) is 0 Å². The molecule has 3 heteroatoms. The highest BCUT2D eigenvalue weighted by Crippen LogP contribution is 2.31. The van der Waals surface area contributed by atoms with Crippen LogP contribution in [0.25, 0.3) is 10.9 Å². The molecule has 2 aromatic rings. The van der Waals surface area contributed by atoms with Crippen molar-refractivity contribution in [3.05, 3.63) is 36.0 Å². The van der Waals surface area contributed by atoms with E-state index >= 15 is 0 Å². The first kappa shape index (κ1) is 14.6. The lowest BCUT2D eigenvalue weighted by Gasteiger charge is -2.29.